The van der Waals surface area contributed by atoms with E-state index in [-0.39, 0.29) is 24.3 Å². The van der Waals surface area contributed by atoms with Crippen molar-refractivity contribution in [1.29, 1.82) is 0 Å². The third kappa shape index (κ3) is 4.74. The van der Waals surface area contributed by atoms with Gasteiger partial charge in [0.25, 0.3) is 5.91 Å². The number of carbonyl (C=O) groups is 2. The molecular formula is C20H30N2O3. The van der Waals surface area contributed by atoms with Crippen molar-refractivity contribution >= 4 is 11.8 Å². The summed E-state index contributed by atoms with van der Waals surface area (Å²) in [5.41, 5.74) is 2.22. The van der Waals surface area contributed by atoms with Crippen LogP contribution in [0.15, 0.2) is 18.2 Å². The molecule has 1 saturated heterocycles. The summed E-state index contributed by atoms with van der Waals surface area (Å²) in [5, 5.41) is 0. The zero-order valence-electron chi connectivity index (χ0n) is 15.9. The van der Waals surface area contributed by atoms with E-state index in [1.807, 2.05) is 36.9 Å². The molecule has 0 bridgehead atoms. The molecule has 2 rings (SSSR count). The van der Waals surface area contributed by atoms with Gasteiger partial charge in [-0.15, -0.1) is 0 Å². The van der Waals surface area contributed by atoms with Gasteiger partial charge in [-0.1, -0.05) is 26.0 Å². The third-order valence-corrected chi connectivity index (χ3v) is 5.18. The Balaban J connectivity index is 1.83. The second-order valence-electron chi connectivity index (χ2n) is 6.71. The molecule has 1 heterocycles. The zero-order valence-corrected chi connectivity index (χ0v) is 15.9. The minimum Gasteiger partial charge on any atom is -0.483 e. The maximum atomic E-state index is 12.4. The number of aryl methyl sites for hydroxylation is 1. The highest BCUT2D eigenvalue weighted by molar-refractivity contribution is 5.80. The van der Waals surface area contributed by atoms with Crippen LogP contribution in [0, 0.1) is 19.8 Å². The molecule has 138 valence electrons. The van der Waals surface area contributed by atoms with Crippen LogP contribution in [-0.2, 0) is 9.59 Å². The van der Waals surface area contributed by atoms with Crippen molar-refractivity contribution in [2.24, 2.45) is 5.92 Å². The Morgan fingerprint density at radius 1 is 1.04 bits per heavy atom. The first-order valence-corrected chi connectivity index (χ1v) is 9.23. The number of ether oxygens (including phenoxy) is 1. The van der Waals surface area contributed by atoms with Crippen LogP contribution in [-0.4, -0.2) is 54.4 Å². The summed E-state index contributed by atoms with van der Waals surface area (Å²) in [6, 6.07) is 5.85. The maximum Gasteiger partial charge on any atom is 0.260 e. The number of hydrogen-bond acceptors (Lipinski definition) is 3. The highest BCUT2D eigenvalue weighted by Gasteiger charge is 2.27. The molecule has 5 nitrogen and oxygen atoms in total. The van der Waals surface area contributed by atoms with Crippen LogP contribution in [0.3, 0.4) is 0 Å². The second kappa shape index (κ2) is 8.88. The third-order valence-electron chi connectivity index (χ3n) is 5.18. The quantitative estimate of drug-likeness (QED) is 0.796. The fourth-order valence-electron chi connectivity index (χ4n) is 3.18. The SMILES string of the molecule is CCC(CC)C(=O)N1CCN(C(=O)COc2cccc(C)c2C)CC1. The maximum absolute atomic E-state index is 12.4. The van der Waals surface area contributed by atoms with E-state index in [1.54, 1.807) is 4.90 Å². The van der Waals surface area contributed by atoms with Gasteiger partial charge in [0, 0.05) is 32.1 Å². The molecule has 0 radical (unpaired) electrons. The smallest absolute Gasteiger partial charge is 0.260 e. The lowest BCUT2D eigenvalue weighted by molar-refractivity contribution is -0.143. The summed E-state index contributed by atoms with van der Waals surface area (Å²) in [5.74, 6) is 1.07. The van der Waals surface area contributed by atoms with Crippen molar-refractivity contribution < 1.29 is 14.3 Å². The number of hydrogen-bond donors (Lipinski definition) is 0. The molecule has 0 N–H and O–H groups in total. The van der Waals surface area contributed by atoms with E-state index in [0.29, 0.717) is 26.2 Å². The minimum atomic E-state index is -0.0180. The Morgan fingerprint density at radius 3 is 2.24 bits per heavy atom. The van der Waals surface area contributed by atoms with Crippen molar-refractivity contribution in [3.63, 3.8) is 0 Å². The first kappa shape index (κ1) is 19.3. The van der Waals surface area contributed by atoms with Gasteiger partial charge >= 0.3 is 0 Å². The molecule has 0 atom stereocenters. The van der Waals surface area contributed by atoms with Crippen LogP contribution in [0.5, 0.6) is 5.75 Å². The van der Waals surface area contributed by atoms with Crippen LogP contribution in [0.1, 0.15) is 37.8 Å². The molecule has 0 aliphatic carbocycles. The molecule has 5 heteroatoms. The molecule has 2 amide bonds. The average Bonchev–Trinajstić information content (AvgIpc) is 2.63. The molecule has 1 aliphatic rings. The van der Waals surface area contributed by atoms with Gasteiger partial charge in [-0.3, -0.25) is 9.59 Å². The van der Waals surface area contributed by atoms with Gasteiger partial charge in [-0.05, 0) is 43.9 Å². The molecular weight excluding hydrogens is 316 g/mol. The first-order chi connectivity index (χ1) is 12.0. The largest absolute Gasteiger partial charge is 0.483 e. The van der Waals surface area contributed by atoms with E-state index < -0.39 is 0 Å². The Kier molecular flexibility index (Phi) is 6.85. The molecule has 1 fully saturated rings. The molecule has 0 aromatic heterocycles. The molecule has 1 aromatic carbocycles. The predicted molar refractivity (Wildman–Crippen MR) is 98.6 cm³/mol. The van der Waals surface area contributed by atoms with Gasteiger partial charge in [0.1, 0.15) is 5.75 Å². The number of benzene rings is 1. The van der Waals surface area contributed by atoms with Crippen LogP contribution in [0.4, 0.5) is 0 Å². The lowest BCUT2D eigenvalue weighted by Gasteiger charge is -2.36. The summed E-state index contributed by atoms with van der Waals surface area (Å²) in [4.78, 5) is 28.5. The Bertz CT molecular complexity index is 603. The number of nitrogens with zero attached hydrogens (tertiary/aromatic N) is 2. The molecule has 0 saturated carbocycles. The van der Waals surface area contributed by atoms with E-state index in [9.17, 15) is 9.59 Å². The van der Waals surface area contributed by atoms with Gasteiger partial charge in [0.15, 0.2) is 6.61 Å². The monoisotopic (exact) mass is 346 g/mol. The highest BCUT2D eigenvalue weighted by atomic mass is 16.5. The Morgan fingerprint density at radius 2 is 1.64 bits per heavy atom. The van der Waals surface area contributed by atoms with Crippen LogP contribution in [0.25, 0.3) is 0 Å². The van der Waals surface area contributed by atoms with E-state index in [0.717, 1.165) is 29.7 Å². The summed E-state index contributed by atoms with van der Waals surface area (Å²) in [6.07, 6.45) is 1.75. The number of piperazine rings is 1. The first-order valence-electron chi connectivity index (χ1n) is 9.23. The summed E-state index contributed by atoms with van der Waals surface area (Å²) in [6.45, 7) is 10.6. The van der Waals surface area contributed by atoms with Crippen molar-refractivity contribution in [3.05, 3.63) is 29.3 Å². The van der Waals surface area contributed by atoms with Crippen molar-refractivity contribution in [2.45, 2.75) is 40.5 Å². The second-order valence-corrected chi connectivity index (χ2v) is 6.71. The highest BCUT2D eigenvalue weighted by Crippen LogP contribution is 2.20. The van der Waals surface area contributed by atoms with Gasteiger partial charge < -0.3 is 14.5 Å². The predicted octanol–water partition coefficient (Wildman–Crippen LogP) is 2.79. The summed E-state index contributed by atoms with van der Waals surface area (Å²) < 4.78 is 5.71. The molecule has 1 aromatic rings. The molecule has 1 aliphatic heterocycles. The lowest BCUT2D eigenvalue weighted by atomic mass is 10.0. The number of rotatable bonds is 6. The van der Waals surface area contributed by atoms with Gasteiger partial charge in [0.2, 0.25) is 5.91 Å². The number of carbonyl (C=O) groups excluding carboxylic acids is 2. The van der Waals surface area contributed by atoms with Gasteiger partial charge in [-0.2, -0.15) is 0 Å². The van der Waals surface area contributed by atoms with Crippen LogP contribution >= 0.6 is 0 Å². The summed E-state index contributed by atoms with van der Waals surface area (Å²) >= 11 is 0. The van der Waals surface area contributed by atoms with E-state index in [1.165, 1.54) is 0 Å². The lowest BCUT2D eigenvalue weighted by Crippen LogP contribution is -2.52. The topological polar surface area (TPSA) is 49.9 Å². The Labute approximate surface area is 150 Å². The molecule has 0 spiro atoms. The van der Waals surface area contributed by atoms with E-state index in [2.05, 4.69) is 13.8 Å². The number of amides is 2. The van der Waals surface area contributed by atoms with Crippen LogP contribution in [0.2, 0.25) is 0 Å². The normalized spacial score (nSPS) is 14.8. The van der Waals surface area contributed by atoms with E-state index in [4.69, 9.17) is 4.74 Å². The fourth-order valence-corrected chi connectivity index (χ4v) is 3.18. The van der Waals surface area contributed by atoms with Crippen molar-refractivity contribution in [3.8, 4) is 5.75 Å². The fraction of sp³-hybridized carbons (Fsp3) is 0.600. The zero-order chi connectivity index (χ0) is 18.4. The molecule has 0 unspecified atom stereocenters. The Hall–Kier alpha value is -2.04. The van der Waals surface area contributed by atoms with Gasteiger partial charge in [0.05, 0.1) is 0 Å². The van der Waals surface area contributed by atoms with Crippen molar-refractivity contribution in [2.75, 3.05) is 32.8 Å². The van der Waals surface area contributed by atoms with Crippen molar-refractivity contribution in [1.82, 2.24) is 9.80 Å². The van der Waals surface area contributed by atoms with Crippen LogP contribution < -0.4 is 4.74 Å². The summed E-state index contributed by atoms with van der Waals surface area (Å²) in [7, 11) is 0. The standard InChI is InChI=1S/C20H30N2O3/c1-5-17(6-2)20(24)22-12-10-21(11-13-22)19(23)14-25-18-9-7-8-15(3)16(18)4/h7-9,17H,5-6,10-14H2,1-4H3. The van der Waals surface area contributed by atoms with Gasteiger partial charge in [-0.25, -0.2) is 0 Å². The molecule has 25 heavy (non-hydrogen) atoms. The van der Waals surface area contributed by atoms with E-state index >= 15 is 0 Å². The average molecular weight is 346 g/mol. The minimum absolute atomic E-state index is 0.0180.